The van der Waals surface area contributed by atoms with Crippen molar-refractivity contribution in [3.63, 3.8) is 0 Å². The lowest BCUT2D eigenvalue weighted by atomic mass is 10.0. The summed E-state index contributed by atoms with van der Waals surface area (Å²) in [4.78, 5) is 18.7. The quantitative estimate of drug-likeness (QED) is 0.0764. The average molecular weight is 535 g/mol. The van der Waals surface area contributed by atoms with Gasteiger partial charge in [0.2, 0.25) is 17.6 Å². The maximum Gasteiger partial charge on any atom is 0.387 e. The number of benzene rings is 1. The van der Waals surface area contributed by atoms with Gasteiger partial charge in [0, 0.05) is 23.3 Å². The lowest BCUT2D eigenvalue weighted by Crippen LogP contribution is -2.58. The number of halogens is 3. The molecule has 1 aromatic rings. The number of nitrogens with zero attached hydrogens (tertiary/aromatic N) is 3. The second-order valence-electron chi connectivity index (χ2n) is 7.33. The molecule has 0 spiro atoms. The van der Waals surface area contributed by atoms with Crippen LogP contribution in [-0.2, 0) is 4.79 Å². The van der Waals surface area contributed by atoms with Gasteiger partial charge in [-0.25, -0.2) is 4.99 Å². The normalized spacial score (nSPS) is 12.8. The van der Waals surface area contributed by atoms with Crippen LogP contribution in [0.4, 0.5) is 14.5 Å². The third-order valence-corrected chi connectivity index (χ3v) is 5.27. The molecule has 1 atom stereocenters. The number of terminal acetylenes is 1. The van der Waals surface area contributed by atoms with Crippen LogP contribution < -0.4 is 26.1 Å². The fourth-order valence-electron chi connectivity index (χ4n) is 3.11. The van der Waals surface area contributed by atoms with Crippen LogP contribution in [0.25, 0.3) is 0 Å². The molecule has 1 unspecified atom stereocenters. The first-order valence-electron chi connectivity index (χ1n) is 11.3. The van der Waals surface area contributed by atoms with Crippen molar-refractivity contribution in [3.8, 4) is 24.3 Å². The number of nitrogens with one attached hydrogen (secondary N) is 3. The Balaban J connectivity index is 3.38. The molecule has 0 aromatic heterocycles. The Morgan fingerprint density at radius 2 is 2.11 bits per heavy atom. The van der Waals surface area contributed by atoms with Crippen molar-refractivity contribution in [1.82, 2.24) is 15.5 Å². The van der Waals surface area contributed by atoms with Crippen LogP contribution in [0.3, 0.4) is 0 Å². The number of amides is 1. The second-order valence-corrected chi connectivity index (χ2v) is 7.82. The van der Waals surface area contributed by atoms with E-state index in [2.05, 4.69) is 31.6 Å². The van der Waals surface area contributed by atoms with Crippen LogP contribution in [0, 0.1) is 23.8 Å². The molecule has 1 aromatic carbocycles. The number of ether oxygens (including phenoxy) is 1. The van der Waals surface area contributed by atoms with Crippen LogP contribution in [0.15, 0.2) is 52.0 Å². The molecule has 5 N–H and O–H groups in total. The first-order chi connectivity index (χ1) is 17.7. The first kappa shape index (κ1) is 31.1. The molecule has 0 bridgehead atoms. The van der Waals surface area contributed by atoms with Gasteiger partial charge in [0.15, 0.2) is 6.19 Å². The average Bonchev–Trinajstić information content (AvgIpc) is 2.86. The van der Waals surface area contributed by atoms with Crippen LogP contribution >= 0.6 is 11.6 Å². The van der Waals surface area contributed by atoms with E-state index < -0.39 is 12.7 Å². The molecule has 0 saturated heterocycles. The van der Waals surface area contributed by atoms with Gasteiger partial charge in [-0.3, -0.25) is 15.5 Å². The fourth-order valence-corrected chi connectivity index (χ4v) is 3.18. The number of carbonyl (C=O) groups excluding carboxylic acids is 1. The molecule has 0 aliphatic carbocycles. The number of hydrogen-bond acceptors (Lipinski definition) is 5. The lowest BCUT2D eigenvalue weighted by Gasteiger charge is -2.28. The zero-order chi connectivity index (χ0) is 27.8. The van der Waals surface area contributed by atoms with Gasteiger partial charge in [-0.05, 0) is 44.7 Å². The fraction of sp³-hybridized carbons (Fsp3) is 0.360. The van der Waals surface area contributed by atoms with Crippen molar-refractivity contribution in [1.29, 1.82) is 5.26 Å². The number of likely N-dealkylation sites (N-methyl/N-ethyl adjacent to an activating group) is 2. The SMILES string of the molecule is C#C/C(=C\C=C(\Cl)CC)C(=[NH2+])C(CN=C(NC#N)Nc1cccc(OC(F)F)c1)N(CC)C(=O)CNC. The van der Waals surface area contributed by atoms with Crippen molar-refractivity contribution in [2.24, 2.45) is 4.99 Å². The lowest BCUT2D eigenvalue weighted by molar-refractivity contribution is -0.136. The largest absolute Gasteiger partial charge is 0.435 e. The molecule has 9 nitrogen and oxygen atoms in total. The van der Waals surface area contributed by atoms with Gasteiger partial charge < -0.3 is 20.3 Å². The molecular formula is C25H31ClF2N7O2+. The number of rotatable bonds is 13. The number of allylic oxidation sites excluding steroid dienone is 3. The Labute approximate surface area is 220 Å². The molecule has 1 rings (SSSR count). The zero-order valence-electron chi connectivity index (χ0n) is 20.9. The number of nitrogens with two attached hydrogens (primary N) is 1. The highest BCUT2D eigenvalue weighted by molar-refractivity contribution is 6.29. The third kappa shape index (κ3) is 10.7. The summed E-state index contributed by atoms with van der Waals surface area (Å²) in [6.45, 7) is 0.947. The van der Waals surface area contributed by atoms with E-state index in [-0.39, 0.29) is 36.4 Å². The minimum Gasteiger partial charge on any atom is -0.435 e. The Hall–Kier alpha value is -3.93. The molecule has 0 radical (unpaired) electrons. The summed E-state index contributed by atoms with van der Waals surface area (Å²) < 4.78 is 29.5. The smallest absolute Gasteiger partial charge is 0.387 e. The van der Waals surface area contributed by atoms with E-state index in [9.17, 15) is 18.8 Å². The van der Waals surface area contributed by atoms with Gasteiger partial charge in [-0.1, -0.05) is 30.5 Å². The number of nitriles is 1. The van der Waals surface area contributed by atoms with E-state index in [1.807, 2.05) is 6.92 Å². The van der Waals surface area contributed by atoms with Gasteiger partial charge in [0.05, 0.1) is 18.7 Å². The van der Waals surface area contributed by atoms with Gasteiger partial charge in [0.1, 0.15) is 11.8 Å². The van der Waals surface area contributed by atoms with Crippen LogP contribution in [0.1, 0.15) is 20.3 Å². The summed E-state index contributed by atoms with van der Waals surface area (Å²) in [5.74, 6) is 2.19. The van der Waals surface area contributed by atoms with Crippen LogP contribution in [0.5, 0.6) is 5.75 Å². The number of aliphatic imine (C=N–C) groups is 1. The maximum atomic E-state index is 12.8. The topological polar surface area (TPSA) is 127 Å². The van der Waals surface area contributed by atoms with E-state index in [0.29, 0.717) is 29.3 Å². The van der Waals surface area contributed by atoms with Crippen LogP contribution in [-0.4, -0.2) is 61.8 Å². The van der Waals surface area contributed by atoms with Crippen molar-refractivity contribution in [2.45, 2.75) is 32.9 Å². The monoisotopic (exact) mass is 534 g/mol. The van der Waals surface area contributed by atoms with E-state index in [0.717, 1.165) is 0 Å². The van der Waals surface area contributed by atoms with E-state index >= 15 is 0 Å². The summed E-state index contributed by atoms with van der Waals surface area (Å²) in [7, 11) is 1.64. The molecular weight excluding hydrogens is 504 g/mol. The van der Waals surface area contributed by atoms with Crippen molar-refractivity contribution < 1.29 is 23.7 Å². The molecule has 0 saturated carbocycles. The summed E-state index contributed by atoms with van der Waals surface area (Å²) in [5.41, 5.74) is 0.857. The Morgan fingerprint density at radius 1 is 1.38 bits per heavy atom. The number of carbonyl (C=O) groups is 1. The Bertz CT molecular complexity index is 1110. The molecule has 12 heteroatoms. The number of anilines is 1. The standard InChI is InChI=1S/C25H30ClF2N7O2/c1-5-17(11-12-18(26)6-2)23(30)21(35(7-3)22(36)15-31-4)14-32-25(33-16-29)34-19-9-8-10-20(13-19)37-24(27)28/h1,8-13,21,24,30-31H,6-7,14-15H2,2-4H3,(H2,32,33,34)/p+1/b17-11+,18-12+,30-23?. The highest BCUT2D eigenvalue weighted by atomic mass is 35.5. The highest BCUT2D eigenvalue weighted by Gasteiger charge is 2.31. The summed E-state index contributed by atoms with van der Waals surface area (Å²) in [6, 6.07) is 4.97. The predicted molar refractivity (Wildman–Crippen MR) is 141 cm³/mol. The Kier molecular flexibility index (Phi) is 14.0. The highest BCUT2D eigenvalue weighted by Crippen LogP contribution is 2.19. The van der Waals surface area contributed by atoms with Gasteiger partial charge >= 0.3 is 6.61 Å². The number of guanidine groups is 1. The molecule has 0 fully saturated rings. The number of alkyl halides is 2. The minimum atomic E-state index is -2.99. The number of hydrogen-bond donors (Lipinski definition) is 4. The molecule has 198 valence electrons. The minimum absolute atomic E-state index is 0.00761. The third-order valence-electron chi connectivity index (χ3n) is 4.88. The first-order valence-corrected chi connectivity index (χ1v) is 11.7. The van der Waals surface area contributed by atoms with E-state index in [1.54, 1.807) is 38.4 Å². The maximum absolute atomic E-state index is 12.8. The molecule has 1 amide bonds. The summed E-state index contributed by atoms with van der Waals surface area (Å²) in [5, 5.41) is 24.2. The Morgan fingerprint density at radius 3 is 2.68 bits per heavy atom. The van der Waals surface area contributed by atoms with Gasteiger partial charge in [-0.15, -0.1) is 6.42 Å². The van der Waals surface area contributed by atoms with Crippen LogP contribution in [0.2, 0.25) is 0 Å². The van der Waals surface area contributed by atoms with Crippen molar-refractivity contribution in [3.05, 3.63) is 47.0 Å². The molecule has 0 heterocycles. The summed E-state index contributed by atoms with van der Waals surface area (Å²) in [6.07, 6.45) is 11.3. The summed E-state index contributed by atoms with van der Waals surface area (Å²) >= 11 is 6.09. The zero-order valence-corrected chi connectivity index (χ0v) is 21.6. The van der Waals surface area contributed by atoms with E-state index in [1.165, 1.54) is 23.1 Å². The van der Waals surface area contributed by atoms with Crippen molar-refractivity contribution >= 4 is 34.9 Å². The van der Waals surface area contributed by atoms with Gasteiger partial charge in [-0.2, -0.15) is 14.0 Å². The van der Waals surface area contributed by atoms with Gasteiger partial charge in [0.25, 0.3) is 0 Å². The molecule has 0 aliphatic rings. The molecule has 0 aliphatic heterocycles. The van der Waals surface area contributed by atoms with E-state index in [4.69, 9.17) is 23.4 Å². The van der Waals surface area contributed by atoms with Crippen molar-refractivity contribution in [2.75, 3.05) is 32.0 Å². The second kappa shape index (κ2) is 16.7. The molecule has 37 heavy (non-hydrogen) atoms. The predicted octanol–water partition coefficient (Wildman–Crippen LogP) is 1.86.